The number of hydrogen-bond donors (Lipinski definition) is 0. The number of nitrogens with zero attached hydrogens (tertiary/aromatic N) is 1. The molecule has 6 nitrogen and oxygen atoms in total. The summed E-state index contributed by atoms with van der Waals surface area (Å²) < 4.78 is 34.7. The van der Waals surface area contributed by atoms with E-state index in [0.29, 0.717) is 25.4 Å². The summed E-state index contributed by atoms with van der Waals surface area (Å²) in [5.74, 6) is 0.225. The quantitative estimate of drug-likeness (QED) is 0.832. The molecule has 7 heteroatoms. The predicted octanol–water partition coefficient (Wildman–Crippen LogP) is 1.25. The van der Waals surface area contributed by atoms with E-state index in [2.05, 4.69) is 0 Å². The summed E-state index contributed by atoms with van der Waals surface area (Å²) in [4.78, 5) is 13.9. The van der Waals surface area contributed by atoms with E-state index in [9.17, 15) is 13.2 Å². The molecule has 1 spiro atoms. The summed E-state index contributed by atoms with van der Waals surface area (Å²) >= 11 is 0. The molecule has 0 bridgehead atoms. The Morgan fingerprint density at radius 1 is 1.50 bits per heavy atom. The number of likely N-dealkylation sites (tertiary alicyclic amines) is 1. The van der Waals surface area contributed by atoms with E-state index in [4.69, 9.17) is 9.15 Å². The summed E-state index contributed by atoms with van der Waals surface area (Å²) in [6, 6.07) is 1.73. The van der Waals surface area contributed by atoms with Crippen molar-refractivity contribution < 1.29 is 22.4 Å². The zero-order chi connectivity index (χ0) is 16.0. The first-order chi connectivity index (χ1) is 10.4. The highest BCUT2D eigenvalue weighted by Crippen LogP contribution is 2.45. The third-order valence-electron chi connectivity index (χ3n) is 4.88. The van der Waals surface area contributed by atoms with Gasteiger partial charge in [0.15, 0.2) is 15.6 Å². The molecule has 2 aliphatic heterocycles. The third-order valence-corrected chi connectivity index (χ3v) is 7.49. The Kier molecular flexibility index (Phi) is 3.81. The highest BCUT2D eigenvalue weighted by atomic mass is 32.2. The van der Waals surface area contributed by atoms with Gasteiger partial charge in [-0.05, 0) is 26.3 Å². The lowest BCUT2D eigenvalue weighted by Crippen LogP contribution is -2.68. The van der Waals surface area contributed by atoms with Crippen LogP contribution in [0.1, 0.15) is 29.5 Å². The maximum absolute atomic E-state index is 12.4. The molecule has 0 aliphatic carbocycles. The smallest absolute Gasteiger partial charge is 0.289 e. The monoisotopic (exact) mass is 327 g/mol. The van der Waals surface area contributed by atoms with Crippen LogP contribution < -0.4 is 0 Å². The molecule has 1 amide bonds. The van der Waals surface area contributed by atoms with Crippen LogP contribution in [0, 0.1) is 12.8 Å². The van der Waals surface area contributed by atoms with Gasteiger partial charge in [-0.25, -0.2) is 8.42 Å². The Morgan fingerprint density at radius 3 is 2.82 bits per heavy atom. The van der Waals surface area contributed by atoms with Gasteiger partial charge in [0, 0.05) is 31.2 Å². The second kappa shape index (κ2) is 5.38. The molecule has 0 N–H and O–H groups in total. The molecular formula is C15H21NO5S. The molecule has 22 heavy (non-hydrogen) atoms. The fourth-order valence-electron chi connectivity index (χ4n) is 3.45. The van der Waals surface area contributed by atoms with Crippen LogP contribution in [0.15, 0.2) is 16.7 Å². The molecular weight excluding hydrogens is 306 g/mol. The van der Waals surface area contributed by atoms with Crippen LogP contribution in [0.2, 0.25) is 0 Å². The molecule has 2 fully saturated rings. The van der Waals surface area contributed by atoms with Gasteiger partial charge in [0.05, 0.1) is 18.6 Å². The lowest BCUT2D eigenvalue weighted by atomic mass is 9.83. The minimum Gasteiger partial charge on any atom is -0.459 e. The number of carbonyl (C=O) groups excluding carboxylic acids is 1. The number of rotatable bonds is 4. The van der Waals surface area contributed by atoms with Gasteiger partial charge in [0.25, 0.3) is 5.91 Å². The van der Waals surface area contributed by atoms with Crippen molar-refractivity contribution in [3.63, 3.8) is 0 Å². The van der Waals surface area contributed by atoms with Crippen molar-refractivity contribution in [2.75, 3.05) is 32.1 Å². The first kappa shape index (κ1) is 15.6. The van der Waals surface area contributed by atoms with Gasteiger partial charge in [0.2, 0.25) is 0 Å². The van der Waals surface area contributed by atoms with Crippen molar-refractivity contribution in [2.24, 2.45) is 5.92 Å². The summed E-state index contributed by atoms with van der Waals surface area (Å²) in [6.07, 6.45) is 2.09. The van der Waals surface area contributed by atoms with E-state index in [1.165, 1.54) is 6.26 Å². The van der Waals surface area contributed by atoms with Gasteiger partial charge in [-0.15, -0.1) is 0 Å². The number of ether oxygens (including phenoxy) is 1. The molecule has 0 aromatic carbocycles. The Balaban J connectivity index is 1.76. The van der Waals surface area contributed by atoms with Gasteiger partial charge in [-0.2, -0.15) is 0 Å². The molecule has 3 rings (SSSR count). The Hall–Kier alpha value is -1.34. The fourth-order valence-corrected chi connectivity index (χ4v) is 5.85. The average Bonchev–Trinajstić information content (AvgIpc) is 2.95. The van der Waals surface area contributed by atoms with Crippen LogP contribution in [0.25, 0.3) is 0 Å². The SMILES string of the molecule is CCOC[C@@H]1CCS(=O)(=O)C12CN(C(=O)c1occc1C)C2. The molecule has 3 heterocycles. The second-order valence-corrected chi connectivity index (χ2v) is 8.57. The van der Waals surface area contributed by atoms with E-state index in [1.54, 1.807) is 17.9 Å². The molecule has 2 saturated heterocycles. The van der Waals surface area contributed by atoms with Crippen molar-refractivity contribution in [1.82, 2.24) is 4.90 Å². The normalized spacial score (nSPS) is 25.4. The van der Waals surface area contributed by atoms with Gasteiger partial charge < -0.3 is 14.1 Å². The summed E-state index contributed by atoms with van der Waals surface area (Å²) in [5.41, 5.74) is 0.770. The van der Waals surface area contributed by atoms with Crippen molar-refractivity contribution in [1.29, 1.82) is 0 Å². The van der Waals surface area contributed by atoms with Crippen LogP contribution in [0.5, 0.6) is 0 Å². The maximum Gasteiger partial charge on any atom is 0.289 e. The van der Waals surface area contributed by atoms with Crippen molar-refractivity contribution in [3.8, 4) is 0 Å². The number of amides is 1. The summed E-state index contributed by atoms with van der Waals surface area (Å²) in [7, 11) is -3.18. The first-order valence-electron chi connectivity index (χ1n) is 7.54. The van der Waals surface area contributed by atoms with Gasteiger partial charge in [-0.1, -0.05) is 0 Å². The highest BCUT2D eigenvalue weighted by Gasteiger charge is 2.62. The molecule has 0 unspecified atom stereocenters. The van der Waals surface area contributed by atoms with Gasteiger partial charge in [-0.3, -0.25) is 4.79 Å². The highest BCUT2D eigenvalue weighted by molar-refractivity contribution is 7.93. The van der Waals surface area contributed by atoms with Gasteiger partial charge in [0.1, 0.15) is 4.75 Å². The van der Waals surface area contributed by atoms with E-state index in [1.807, 2.05) is 6.92 Å². The number of furan rings is 1. The summed E-state index contributed by atoms with van der Waals surface area (Å²) in [5, 5.41) is 0. The van der Waals surface area contributed by atoms with Crippen LogP contribution in [0.3, 0.4) is 0 Å². The fraction of sp³-hybridized carbons (Fsp3) is 0.667. The number of aryl methyl sites for hydroxylation is 1. The molecule has 1 atom stereocenters. The molecule has 1 aromatic heterocycles. The zero-order valence-corrected chi connectivity index (χ0v) is 13.7. The molecule has 122 valence electrons. The topological polar surface area (TPSA) is 76.8 Å². The second-order valence-electron chi connectivity index (χ2n) is 6.12. The largest absolute Gasteiger partial charge is 0.459 e. The van der Waals surface area contributed by atoms with E-state index < -0.39 is 14.6 Å². The predicted molar refractivity (Wildman–Crippen MR) is 80.5 cm³/mol. The van der Waals surface area contributed by atoms with Crippen LogP contribution >= 0.6 is 0 Å². The van der Waals surface area contributed by atoms with Gasteiger partial charge >= 0.3 is 0 Å². The Labute approximate surface area is 130 Å². The lowest BCUT2D eigenvalue weighted by Gasteiger charge is -2.49. The zero-order valence-electron chi connectivity index (χ0n) is 12.9. The van der Waals surface area contributed by atoms with Crippen molar-refractivity contribution in [3.05, 3.63) is 23.7 Å². The van der Waals surface area contributed by atoms with Crippen LogP contribution in [-0.2, 0) is 14.6 Å². The number of sulfone groups is 1. The number of hydrogen-bond acceptors (Lipinski definition) is 5. The minimum absolute atomic E-state index is 0.0285. The Morgan fingerprint density at radius 2 is 2.23 bits per heavy atom. The van der Waals surface area contributed by atoms with Crippen LogP contribution in [0.4, 0.5) is 0 Å². The van der Waals surface area contributed by atoms with E-state index in [0.717, 1.165) is 5.56 Å². The molecule has 0 saturated carbocycles. The molecule has 0 radical (unpaired) electrons. The molecule has 2 aliphatic rings. The average molecular weight is 327 g/mol. The minimum atomic E-state index is -3.18. The van der Waals surface area contributed by atoms with Crippen molar-refractivity contribution in [2.45, 2.75) is 25.0 Å². The summed E-state index contributed by atoms with van der Waals surface area (Å²) in [6.45, 7) is 5.19. The number of carbonyl (C=O) groups is 1. The maximum atomic E-state index is 12.4. The Bertz CT molecular complexity index is 672. The van der Waals surface area contributed by atoms with Crippen molar-refractivity contribution >= 4 is 15.7 Å². The third kappa shape index (κ3) is 2.18. The lowest BCUT2D eigenvalue weighted by molar-refractivity contribution is 0.0250. The molecule has 1 aromatic rings. The van der Waals surface area contributed by atoms with E-state index in [-0.39, 0.29) is 30.7 Å². The first-order valence-corrected chi connectivity index (χ1v) is 9.20. The van der Waals surface area contributed by atoms with E-state index >= 15 is 0 Å². The van der Waals surface area contributed by atoms with Crippen LogP contribution in [-0.4, -0.2) is 56.0 Å². The standard InChI is InChI=1S/C15H21NO5S/c1-3-20-8-12-5-7-22(18,19)15(12)9-16(10-15)14(17)13-11(2)4-6-21-13/h4,6,12H,3,5,7-10H2,1-2H3/t12-/m0/s1.